The first kappa shape index (κ1) is 15.8. The molecule has 0 saturated heterocycles. The van der Waals surface area contributed by atoms with E-state index in [4.69, 9.17) is 0 Å². The molecule has 1 aliphatic carbocycles. The molecule has 0 aromatic heterocycles. The molecule has 1 atom stereocenters. The summed E-state index contributed by atoms with van der Waals surface area (Å²) < 4.78 is 0. The number of rotatable bonds is 4. The monoisotopic (exact) mass is 291 g/mol. The maximum absolute atomic E-state index is 12.0. The van der Waals surface area contributed by atoms with Crippen LogP contribution in [0.2, 0.25) is 0 Å². The molecule has 5 heteroatoms. The number of hydrogen-bond donors (Lipinski definition) is 4. The number of aliphatic hydroxyl groups is 1. The van der Waals surface area contributed by atoms with Crippen LogP contribution in [0.1, 0.15) is 44.2 Å². The van der Waals surface area contributed by atoms with E-state index in [2.05, 4.69) is 22.9 Å². The van der Waals surface area contributed by atoms with Crippen molar-refractivity contribution in [1.82, 2.24) is 10.6 Å². The second-order valence-corrected chi connectivity index (χ2v) is 5.74. The molecule has 21 heavy (non-hydrogen) atoms. The highest BCUT2D eigenvalue weighted by Crippen LogP contribution is 2.19. The largest absolute Gasteiger partial charge is 0.393 e. The third kappa shape index (κ3) is 4.72. The van der Waals surface area contributed by atoms with Crippen molar-refractivity contribution in [3.8, 4) is 0 Å². The average Bonchev–Trinajstić information content (AvgIpc) is 2.49. The van der Waals surface area contributed by atoms with E-state index in [9.17, 15) is 9.90 Å². The summed E-state index contributed by atoms with van der Waals surface area (Å²) >= 11 is 0. The zero-order valence-corrected chi connectivity index (χ0v) is 12.7. The summed E-state index contributed by atoms with van der Waals surface area (Å²) in [5.41, 5.74) is 1.93. The van der Waals surface area contributed by atoms with Crippen molar-refractivity contribution in [3.63, 3.8) is 0 Å². The van der Waals surface area contributed by atoms with Gasteiger partial charge >= 0.3 is 6.03 Å². The van der Waals surface area contributed by atoms with E-state index in [1.807, 2.05) is 31.3 Å². The van der Waals surface area contributed by atoms with Crippen molar-refractivity contribution in [2.45, 2.75) is 50.8 Å². The number of hydrogen-bond acceptors (Lipinski definition) is 3. The molecule has 116 valence electrons. The number of amides is 2. The fourth-order valence-corrected chi connectivity index (χ4v) is 2.63. The molecule has 1 fully saturated rings. The molecule has 0 spiro atoms. The summed E-state index contributed by atoms with van der Waals surface area (Å²) in [4.78, 5) is 12.0. The number of nitrogens with one attached hydrogen (secondary N) is 3. The second kappa shape index (κ2) is 7.43. The summed E-state index contributed by atoms with van der Waals surface area (Å²) in [6.45, 7) is 2.08. The van der Waals surface area contributed by atoms with Gasteiger partial charge < -0.3 is 21.1 Å². The summed E-state index contributed by atoms with van der Waals surface area (Å²) in [5, 5.41) is 18.5. The molecule has 1 aromatic carbocycles. The predicted molar refractivity (Wildman–Crippen MR) is 84.3 cm³/mol. The Kier molecular flexibility index (Phi) is 5.59. The van der Waals surface area contributed by atoms with Crippen LogP contribution in [0.15, 0.2) is 24.3 Å². The minimum Gasteiger partial charge on any atom is -0.393 e. The lowest BCUT2D eigenvalue weighted by Gasteiger charge is -2.26. The fraction of sp³-hybridized carbons (Fsp3) is 0.562. The van der Waals surface area contributed by atoms with Gasteiger partial charge in [-0.25, -0.2) is 4.79 Å². The zero-order chi connectivity index (χ0) is 15.2. The van der Waals surface area contributed by atoms with E-state index in [0.717, 1.165) is 36.9 Å². The Bertz CT molecular complexity index is 470. The van der Waals surface area contributed by atoms with Crippen LogP contribution in [0.25, 0.3) is 0 Å². The maximum Gasteiger partial charge on any atom is 0.319 e. The first-order valence-electron chi connectivity index (χ1n) is 7.61. The average molecular weight is 291 g/mol. The SMILES string of the molecule is CNC(C)c1cccc(NC(=O)NC2CCC(O)CC2)c1. The van der Waals surface area contributed by atoms with Gasteiger partial charge in [0.2, 0.25) is 0 Å². The Balaban J connectivity index is 1.87. The van der Waals surface area contributed by atoms with Gasteiger partial charge in [0.1, 0.15) is 0 Å². The topological polar surface area (TPSA) is 73.4 Å². The molecule has 4 N–H and O–H groups in total. The molecular weight excluding hydrogens is 266 g/mol. The van der Waals surface area contributed by atoms with E-state index in [1.54, 1.807) is 0 Å². The van der Waals surface area contributed by atoms with Crippen molar-refractivity contribution >= 4 is 11.7 Å². The van der Waals surface area contributed by atoms with E-state index in [-0.39, 0.29) is 24.2 Å². The first-order chi connectivity index (χ1) is 10.1. The van der Waals surface area contributed by atoms with Crippen LogP contribution in [0.3, 0.4) is 0 Å². The van der Waals surface area contributed by atoms with Crippen LogP contribution < -0.4 is 16.0 Å². The van der Waals surface area contributed by atoms with Crippen LogP contribution in [-0.2, 0) is 0 Å². The highest BCUT2D eigenvalue weighted by Gasteiger charge is 2.20. The normalized spacial score (nSPS) is 23.4. The van der Waals surface area contributed by atoms with E-state index in [0.29, 0.717) is 0 Å². The highest BCUT2D eigenvalue weighted by molar-refractivity contribution is 5.89. The summed E-state index contributed by atoms with van der Waals surface area (Å²) in [6, 6.07) is 8.07. The van der Waals surface area contributed by atoms with Crippen molar-refractivity contribution < 1.29 is 9.90 Å². The van der Waals surface area contributed by atoms with Gasteiger partial charge in [-0.05, 0) is 57.4 Å². The lowest BCUT2D eigenvalue weighted by atomic mass is 9.93. The highest BCUT2D eigenvalue weighted by atomic mass is 16.3. The Morgan fingerprint density at radius 3 is 2.67 bits per heavy atom. The number of carbonyl (C=O) groups excluding carboxylic acids is 1. The number of benzene rings is 1. The van der Waals surface area contributed by atoms with E-state index in [1.165, 1.54) is 0 Å². The molecular formula is C16H25N3O2. The lowest BCUT2D eigenvalue weighted by molar-refractivity contribution is 0.118. The van der Waals surface area contributed by atoms with Crippen LogP contribution in [0.5, 0.6) is 0 Å². The molecule has 1 aromatic rings. The van der Waals surface area contributed by atoms with E-state index >= 15 is 0 Å². The number of anilines is 1. The minimum atomic E-state index is -0.203. The van der Waals surface area contributed by atoms with Crippen LogP contribution >= 0.6 is 0 Å². The fourth-order valence-electron chi connectivity index (χ4n) is 2.63. The van der Waals surface area contributed by atoms with Crippen LogP contribution in [0.4, 0.5) is 10.5 Å². The smallest absolute Gasteiger partial charge is 0.319 e. The molecule has 1 aliphatic rings. The van der Waals surface area contributed by atoms with Gasteiger partial charge in [-0.3, -0.25) is 0 Å². The molecule has 0 radical (unpaired) electrons. The molecule has 0 heterocycles. The predicted octanol–water partition coefficient (Wildman–Crippen LogP) is 2.39. The van der Waals surface area contributed by atoms with Crippen molar-refractivity contribution in [2.75, 3.05) is 12.4 Å². The molecule has 2 amide bonds. The van der Waals surface area contributed by atoms with Gasteiger partial charge in [0, 0.05) is 17.8 Å². The van der Waals surface area contributed by atoms with Gasteiger partial charge in [-0.2, -0.15) is 0 Å². The van der Waals surface area contributed by atoms with Crippen LogP contribution in [0, 0.1) is 0 Å². The van der Waals surface area contributed by atoms with Gasteiger partial charge in [0.15, 0.2) is 0 Å². The molecule has 0 bridgehead atoms. The van der Waals surface area contributed by atoms with E-state index < -0.39 is 0 Å². The third-order valence-electron chi connectivity index (χ3n) is 4.11. The zero-order valence-electron chi connectivity index (χ0n) is 12.7. The summed E-state index contributed by atoms with van der Waals surface area (Å²) in [5.74, 6) is 0. The third-order valence-corrected chi connectivity index (χ3v) is 4.11. The van der Waals surface area contributed by atoms with Gasteiger partial charge in [0.05, 0.1) is 6.10 Å². The van der Waals surface area contributed by atoms with Crippen LogP contribution in [-0.4, -0.2) is 30.3 Å². The van der Waals surface area contributed by atoms with Gasteiger partial charge in [0.25, 0.3) is 0 Å². The number of aliphatic hydroxyl groups excluding tert-OH is 1. The Morgan fingerprint density at radius 2 is 2.00 bits per heavy atom. The molecule has 2 rings (SSSR count). The Hall–Kier alpha value is -1.59. The minimum absolute atomic E-state index is 0.160. The maximum atomic E-state index is 12.0. The molecule has 1 unspecified atom stereocenters. The Labute approximate surface area is 126 Å². The van der Waals surface area contributed by atoms with Crippen molar-refractivity contribution in [3.05, 3.63) is 29.8 Å². The molecule has 5 nitrogen and oxygen atoms in total. The van der Waals surface area contributed by atoms with Gasteiger partial charge in [-0.15, -0.1) is 0 Å². The van der Waals surface area contributed by atoms with Crippen molar-refractivity contribution in [1.29, 1.82) is 0 Å². The standard InChI is InChI=1S/C16H25N3O2/c1-11(17-2)12-4-3-5-14(10-12)19-16(21)18-13-6-8-15(20)9-7-13/h3-5,10-11,13,15,17,20H,6-9H2,1-2H3,(H2,18,19,21). The summed E-state index contributed by atoms with van der Waals surface area (Å²) in [7, 11) is 1.91. The second-order valence-electron chi connectivity index (χ2n) is 5.74. The molecule has 0 aliphatic heterocycles. The molecule has 1 saturated carbocycles. The van der Waals surface area contributed by atoms with Gasteiger partial charge in [-0.1, -0.05) is 12.1 Å². The quantitative estimate of drug-likeness (QED) is 0.688. The summed E-state index contributed by atoms with van der Waals surface area (Å²) in [6.07, 6.45) is 3.00. The number of carbonyl (C=O) groups is 1. The lowest BCUT2D eigenvalue weighted by Crippen LogP contribution is -2.40. The number of urea groups is 1. The van der Waals surface area contributed by atoms with Crippen molar-refractivity contribution in [2.24, 2.45) is 0 Å². The first-order valence-corrected chi connectivity index (χ1v) is 7.61. The Morgan fingerprint density at radius 1 is 1.29 bits per heavy atom.